The first-order chi connectivity index (χ1) is 17.3. The number of carbonyl (C=O) groups is 3. The molecule has 0 radical (unpaired) electrons. The largest absolute Gasteiger partial charge is 0.463 e. The molecule has 10 heteroatoms. The van der Waals surface area contributed by atoms with Crippen LogP contribution in [-0.2, 0) is 30.3 Å². The Balaban J connectivity index is 1.87. The maximum Gasteiger partial charge on any atom is 0.338 e. The van der Waals surface area contributed by atoms with E-state index in [1.165, 1.54) is 16.7 Å². The van der Waals surface area contributed by atoms with Gasteiger partial charge in [0, 0.05) is 10.0 Å². The zero-order chi connectivity index (χ0) is 26.0. The van der Waals surface area contributed by atoms with E-state index in [2.05, 4.69) is 0 Å². The summed E-state index contributed by atoms with van der Waals surface area (Å²) in [7, 11) is 0. The van der Waals surface area contributed by atoms with E-state index in [0.717, 1.165) is 5.56 Å². The van der Waals surface area contributed by atoms with E-state index in [0.29, 0.717) is 27.1 Å². The van der Waals surface area contributed by atoms with Crippen molar-refractivity contribution < 1.29 is 23.9 Å². The van der Waals surface area contributed by atoms with Crippen molar-refractivity contribution in [2.75, 3.05) is 13.2 Å². The van der Waals surface area contributed by atoms with Crippen LogP contribution in [0.15, 0.2) is 70.5 Å². The van der Waals surface area contributed by atoms with Gasteiger partial charge in [-0.1, -0.05) is 59.2 Å². The first kappa shape index (κ1) is 26.1. The van der Waals surface area contributed by atoms with E-state index in [1.54, 1.807) is 50.2 Å². The maximum atomic E-state index is 13.6. The predicted octanol–water partition coefficient (Wildman–Crippen LogP) is 4.79. The molecule has 7 nitrogen and oxygen atoms in total. The van der Waals surface area contributed by atoms with Crippen molar-refractivity contribution >= 4 is 52.8 Å². The van der Waals surface area contributed by atoms with Gasteiger partial charge in [-0.3, -0.25) is 9.69 Å². The van der Waals surface area contributed by atoms with E-state index < -0.39 is 23.1 Å². The lowest BCUT2D eigenvalue weighted by atomic mass is 9.82. The molecular weight excluding hydrogens is 523 g/mol. The SMILES string of the molecule is CCOC(=O)C1=C(N)N2C(=O)C(Cc3ccc(Cl)cc3)SC2=C(C(=O)OCC)C1c1ccc(Cl)cc1. The molecule has 2 unspecified atom stereocenters. The highest BCUT2D eigenvalue weighted by molar-refractivity contribution is 8.04. The fraction of sp³-hybridized carbons (Fsp3) is 0.269. The van der Waals surface area contributed by atoms with Crippen LogP contribution in [0.1, 0.15) is 30.9 Å². The average Bonchev–Trinajstić information content (AvgIpc) is 3.17. The van der Waals surface area contributed by atoms with Crippen molar-refractivity contribution in [3.8, 4) is 0 Å². The van der Waals surface area contributed by atoms with Gasteiger partial charge in [-0.2, -0.15) is 0 Å². The lowest BCUT2D eigenvalue weighted by Gasteiger charge is -2.33. The Labute approximate surface area is 223 Å². The van der Waals surface area contributed by atoms with Gasteiger partial charge in [0.05, 0.1) is 40.6 Å². The summed E-state index contributed by atoms with van der Waals surface area (Å²) in [5, 5.41) is 0.857. The van der Waals surface area contributed by atoms with Gasteiger partial charge >= 0.3 is 11.9 Å². The second-order valence-corrected chi connectivity index (χ2v) is 10.1. The van der Waals surface area contributed by atoms with Gasteiger partial charge in [-0.05, 0) is 55.7 Å². The van der Waals surface area contributed by atoms with Crippen molar-refractivity contribution in [1.82, 2.24) is 4.90 Å². The van der Waals surface area contributed by atoms with Crippen LogP contribution in [0.2, 0.25) is 10.0 Å². The summed E-state index contributed by atoms with van der Waals surface area (Å²) in [6.45, 7) is 3.56. The third-order valence-corrected chi connectivity index (χ3v) is 7.59. The van der Waals surface area contributed by atoms with Crippen LogP contribution in [0.3, 0.4) is 0 Å². The number of rotatable bonds is 7. The summed E-state index contributed by atoms with van der Waals surface area (Å²) in [6, 6.07) is 13.9. The molecule has 4 rings (SSSR count). The Bertz CT molecular complexity index is 1260. The Morgan fingerprint density at radius 3 is 2.00 bits per heavy atom. The van der Waals surface area contributed by atoms with E-state index in [-0.39, 0.29) is 36.1 Å². The number of ether oxygens (including phenoxy) is 2. The van der Waals surface area contributed by atoms with Crippen molar-refractivity contribution in [3.05, 3.63) is 91.7 Å². The zero-order valence-electron chi connectivity index (χ0n) is 19.6. The maximum absolute atomic E-state index is 13.6. The van der Waals surface area contributed by atoms with Gasteiger partial charge in [0.1, 0.15) is 5.82 Å². The van der Waals surface area contributed by atoms with Crippen molar-refractivity contribution in [2.24, 2.45) is 5.73 Å². The summed E-state index contributed by atoms with van der Waals surface area (Å²) >= 11 is 13.3. The van der Waals surface area contributed by atoms with Crippen LogP contribution >= 0.6 is 35.0 Å². The predicted molar refractivity (Wildman–Crippen MR) is 139 cm³/mol. The smallest absolute Gasteiger partial charge is 0.338 e. The lowest BCUT2D eigenvalue weighted by Crippen LogP contribution is -2.40. The van der Waals surface area contributed by atoms with Crippen LogP contribution in [0.4, 0.5) is 0 Å². The summed E-state index contributed by atoms with van der Waals surface area (Å²) in [6.07, 6.45) is 0.379. The zero-order valence-corrected chi connectivity index (χ0v) is 22.0. The molecule has 0 aliphatic carbocycles. The number of hydrogen-bond acceptors (Lipinski definition) is 7. The van der Waals surface area contributed by atoms with Gasteiger partial charge < -0.3 is 15.2 Å². The molecule has 188 valence electrons. The standard InChI is InChI=1S/C26H24Cl2N2O5S/c1-3-34-25(32)20-19(15-7-11-17(28)12-8-15)21(26(33)35-4-2)24-30(22(20)29)23(31)18(36-24)13-14-5-9-16(27)10-6-14/h5-12,18-19H,3-4,13,29H2,1-2H3. The number of nitrogens with zero attached hydrogens (tertiary/aromatic N) is 1. The van der Waals surface area contributed by atoms with E-state index in [4.69, 9.17) is 38.4 Å². The molecule has 1 saturated heterocycles. The van der Waals surface area contributed by atoms with Crippen LogP contribution in [0, 0.1) is 0 Å². The minimum Gasteiger partial charge on any atom is -0.463 e. The molecule has 1 amide bonds. The fourth-order valence-electron chi connectivity index (χ4n) is 4.23. The molecule has 2 aromatic rings. The number of thioether (sulfide) groups is 1. The Kier molecular flexibility index (Phi) is 7.97. The normalized spacial score (nSPS) is 19.4. The first-order valence-electron chi connectivity index (χ1n) is 11.3. The molecule has 1 fully saturated rings. The monoisotopic (exact) mass is 546 g/mol. The minimum atomic E-state index is -0.902. The molecule has 2 aromatic carbocycles. The van der Waals surface area contributed by atoms with E-state index in [9.17, 15) is 14.4 Å². The highest BCUT2D eigenvalue weighted by atomic mass is 35.5. The van der Waals surface area contributed by atoms with Gasteiger partial charge in [0.15, 0.2) is 0 Å². The molecule has 2 aliphatic heterocycles. The molecular formula is C26H24Cl2N2O5S. The van der Waals surface area contributed by atoms with Crippen molar-refractivity contribution in [2.45, 2.75) is 31.4 Å². The highest BCUT2D eigenvalue weighted by Gasteiger charge is 2.50. The molecule has 0 aromatic heterocycles. The number of hydrogen-bond donors (Lipinski definition) is 1. The number of benzene rings is 2. The summed E-state index contributed by atoms with van der Waals surface area (Å²) < 4.78 is 10.7. The summed E-state index contributed by atoms with van der Waals surface area (Å²) in [5.74, 6) is -2.65. The number of nitrogens with two attached hydrogens (primary N) is 1. The van der Waals surface area contributed by atoms with Crippen LogP contribution in [0.5, 0.6) is 0 Å². The molecule has 2 N–H and O–H groups in total. The number of amides is 1. The topological polar surface area (TPSA) is 98.9 Å². The highest BCUT2D eigenvalue weighted by Crippen LogP contribution is 2.50. The Morgan fingerprint density at radius 2 is 1.44 bits per heavy atom. The lowest BCUT2D eigenvalue weighted by molar-refractivity contribution is -0.139. The van der Waals surface area contributed by atoms with Gasteiger partial charge in [-0.15, -0.1) is 0 Å². The third-order valence-electron chi connectivity index (χ3n) is 5.81. The summed E-state index contributed by atoms with van der Waals surface area (Å²) in [4.78, 5) is 41.3. The van der Waals surface area contributed by atoms with Crippen LogP contribution < -0.4 is 5.73 Å². The molecule has 0 bridgehead atoms. The second kappa shape index (κ2) is 11.0. The average molecular weight is 547 g/mol. The van der Waals surface area contributed by atoms with Gasteiger partial charge in [-0.25, -0.2) is 9.59 Å². The van der Waals surface area contributed by atoms with Gasteiger partial charge in [0.2, 0.25) is 5.91 Å². The summed E-state index contributed by atoms with van der Waals surface area (Å²) in [5.41, 5.74) is 8.15. The molecule has 2 aliphatic rings. The fourth-order valence-corrected chi connectivity index (χ4v) is 5.85. The number of fused-ring (bicyclic) bond motifs is 1. The minimum absolute atomic E-state index is 0.00654. The molecule has 2 heterocycles. The van der Waals surface area contributed by atoms with Crippen molar-refractivity contribution in [3.63, 3.8) is 0 Å². The Morgan fingerprint density at radius 1 is 0.917 bits per heavy atom. The third kappa shape index (κ3) is 4.98. The van der Waals surface area contributed by atoms with Gasteiger partial charge in [0.25, 0.3) is 0 Å². The quantitative estimate of drug-likeness (QED) is 0.498. The number of esters is 2. The van der Waals surface area contributed by atoms with E-state index in [1.807, 2.05) is 12.1 Å². The van der Waals surface area contributed by atoms with Crippen LogP contribution in [0.25, 0.3) is 0 Å². The molecule has 0 spiro atoms. The van der Waals surface area contributed by atoms with Crippen molar-refractivity contribution in [1.29, 1.82) is 0 Å². The Hall–Kier alpha value is -2.94. The van der Waals surface area contributed by atoms with Crippen LogP contribution in [-0.4, -0.2) is 41.2 Å². The molecule has 36 heavy (non-hydrogen) atoms. The van der Waals surface area contributed by atoms with E-state index >= 15 is 0 Å². The molecule has 0 saturated carbocycles. The second-order valence-electron chi connectivity index (χ2n) is 8.05. The molecule has 2 atom stereocenters. The first-order valence-corrected chi connectivity index (χ1v) is 13.0. The number of halogens is 2. The number of carbonyl (C=O) groups excluding carboxylic acids is 3.